The molecule has 0 aromatic rings. The number of rotatable bonds is 7. The number of aliphatic hydroxyl groups is 1. The Balaban J connectivity index is 1.99. The molecule has 1 aliphatic rings. The summed E-state index contributed by atoms with van der Waals surface area (Å²) in [6, 6.07) is 0. The van der Waals surface area contributed by atoms with Crippen molar-refractivity contribution < 1.29 is 9.84 Å². The average molecular weight is 216 g/mol. The summed E-state index contributed by atoms with van der Waals surface area (Å²) in [4.78, 5) is 4.83. The molecular weight excluding hydrogens is 192 g/mol. The molecule has 90 valence electrons. The maximum atomic E-state index is 8.82. The fraction of sp³-hybridized carbons (Fsp3) is 1.00. The van der Waals surface area contributed by atoms with E-state index in [4.69, 9.17) is 9.84 Å². The van der Waals surface area contributed by atoms with Crippen molar-refractivity contribution in [1.29, 1.82) is 0 Å². The van der Waals surface area contributed by atoms with Gasteiger partial charge in [-0.05, 0) is 19.4 Å². The third-order valence-electron chi connectivity index (χ3n) is 2.95. The lowest BCUT2D eigenvalue weighted by atomic mass is 10.2. The highest BCUT2D eigenvalue weighted by Crippen LogP contribution is 2.03. The first-order valence-corrected chi connectivity index (χ1v) is 5.91. The van der Waals surface area contributed by atoms with Crippen molar-refractivity contribution in [3.63, 3.8) is 0 Å². The molecule has 0 atom stereocenters. The van der Waals surface area contributed by atoms with Crippen molar-refractivity contribution in [2.24, 2.45) is 0 Å². The first-order valence-electron chi connectivity index (χ1n) is 5.91. The van der Waals surface area contributed by atoms with Crippen molar-refractivity contribution in [1.82, 2.24) is 9.80 Å². The Morgan fingerprint density at radius 3 is 2.13 bits per heavy atom. The highest BCUT2D eigenvalue weighted by Gasteiger charge is 2.15. The van der Waals surface area contributed by atoms with Crippen molar-refractivity contribution in [3.05, 3.63) is 0 Å². The van der Waals surface area contributed by atoms with Crippen LogP contribution in [-0.2, 0) is 4.74 Å². The lowest BCUT2D eigenvalue weighted by Crippen LogP contribution is -2.47. The van der Waals surface area contributed by atoms with Crippen LogP contribution in [0.2, 0.25) is 0 Å². The molecule has 0 saturated carbocycles. The molecule has 15 heavy (non-hydrogen) atoms. The van der Waals surface area contributed by atoms with Crippen LogP contribution in [0.3, 0.4) is 0 Å². The minimum Gasteiger partial charge on any atom is -0.395 e. The summed E-state index contributed by atoms with van der Waals surface area (Å²) in [5, 5.41) is 8.82. The van der Waals surface area contributed by atoms with Gasteiger partial charge >= 0.3 is 0 Å². The third kappa shape index (κ3) is 5.47. The summed E-state index contributed by atoms with van der Waals surface area (Å²) in [6.45, 7) is 7.68. The molecule has 0 radical (unpaired) electrons. The van der Waals surface area contributed by atoms with E-state index in [0.29, 0.717) is 0 Å². The molecule has 4 heteroatoms. The minimum atomic E-state index is 0.286. The standard InChI is InChI=1S/C11H24N2O2/c1-15-11-3-2-4-12-5-7-13(8-6-12)9-10-14/h14H,2-11H2,1H3. The van der Waals surface area contributed by atoms with Crippen molar-refractivity contribution >= 4 is 0 Å². The second-order valence-electron chi connectivity index (χ2n) is 4.11. The topological polar surface area (TPSA) is 35.9 Å². The summed E-state index contributed by atoms with van der Waals surface area (Å²) in [7, 11) is 1.76. The molecule has 0 amide bonds. The Labute approximate surface area is 92.8 Å². The van der Waals surface area contributed by atoms with Gasteiger partial charge in [0.1, 0.15) is 0 Å². The molecule has 0 unspecified atom stereocenters. The summed E-state index contributed by atoms with van der Waals surface area (Å²) in [6.07, 6.45) is 2.39. The first kappa shape index (κ1) is 12.9. The smallest absolute Gasteiger partial charge is 0.0558 e. The van der Waals surface area contributed by atoms with E-state index in [0.717, 1.165) is 45.8 Å². The highest BCUT2D eigenvalue weighted by atomic mass is 16.5. The summed E-state index contributed by atoms with van der Waals surface area (Å²) < 4.78 is 5.03. The fourth-order valence-corrected chi connectivity index (χ4v) is 1.96. The number of nitrogens with zero attached hydrogens (tertiary/aromatic N) is 2. The molecule has 1 aliphatic heterocycles. The largest absolute Gasteiger partial charge is 0.395 e. The molecule has 4 nitrogen and oxygen atoms in total. The van der Waals surface area contributed by atoms with Gasteiger partial charge in [-0.15, -0.1) is 0 Å². The van der Waals surface area contributed by atoms with E-state index in [1.54, 1.807) is 7.11 Å². The van der Waals surface area contributed by atoms with Crippen molar-refractivity contribution in [3.8, 4) is 0 Å². The average Bonchev–Trinajstić information content (AvgIpc) is 2.27. The zero-order chi connectivity index (χ0) is 10.9. The fourth-order valence-electron chi connectivity index (χ4n) is 1.96. The Morgan fingerprint density at radius 1 is 1.00 bits per heavy atom. The van der Waals surface area contributed by atoms with E-state index in [1.807, 2.05) is 0 Å². The van der Waals surface area contributed by atoms with Crippen LogP contribution < -0.4 is 0 Å². The van der Waals surface area contributed by atoms with E-state index >= 15 is 0 Å². The van der Waals surface area contributed by atoms with E-state index < -0.39 is 0 Å². The van der Waals surface area contributed by atoms with Gasteiger partial charge in [-0.3, -0.25) is 4.90 Å². The van der Waals surface area contributed by atoms with Crippen molar-refractivity contribution in [2.45, 2.75) is 12.8 Å². The van der Waals surface area contributed by atoms with Gasteiger partial charge < -0.3 is 14.7 Å². The Hall–Kier alpha value is -0.160. The second-order valence-corrected chi connectivity index (χ2v) is 4.11. The number of methoxy groups -OCH3 is 1. The predicted molar refractivity (Wildman–Crippen MR) is 61.1 cm³/mol. The third-order valence-corrected chi connectivity index (χ3v) is 2.95. The molecule has 1 saturated heterocycles. The van der Waals surface area contributed by atoms with Crippen LogP contribution in [0.25, 0.3) is 0 Å². The maximum Gasteiger partial charge on any atom is 0.0558 e. The van der Waals surface area contributed by atoms with Crippen LogP contribution in [0.1, 0.15) is 12.8 Å². The molecule has 0 aromatic carbocycles. The monoisotopic (exact) mass is 216 g/mol. The predicted octanol–water partition coefficient (Wildman–Crippen LogP) is 0.0229. The number of hydrogen-bond acceptors (Lipinski definition) is 4. The van der Waals surface area contributed by atoms with Gasteiger partial charge in [0.25, 0.3) is 0 Å². The molecule has 1 N–H and O–H groups in total. The molecule has 0 aliphatic carbocycles. The lowest BCUT2D eigenvalue weighted by Gasteiger charge is -2.34. The Morgan fingerprint density at radius 2 is 1.60 bits per heavy atom. The van der Waals surface area contributed by atoms with Crippen LogP contribution in [0, 0.1) is 0 Å². The van der Waals surface area contributed by atoms with Gasteiger partial charge in [0, 0.05) is 46.4 Å². The van der Waals surface area contributed by atoms with Gasteiger partial charge in [0.05, 0.1) is 6.61 Å². The van der Waals surface area contributed by atoms with Gasteiger partial charge in [-0.1, -0.05) is 0 Å². The van der Waals surface area contributed by atoms with Crippen LogP contribution in [-0.4, -0.2) is 74.5 Å². The summed E-state index contributed by atoms with van der Waals surface area (Å²) in [5.74, 6) is 0. The SMILES string of the molecule is COCCCCN1CCN(CCO)CC1. The second kappa shape index (κ2) is 8.05. The molecular formula is C11H24N2O2. The quantitative estimate of drug-likeness (QED) is 0.609. The number of aliphatic hydroxyl groups excluding tert-OH is 1. The van der Waals surface area contributed by atoms with Crippen LogP contribution in [0.4, 0.5) is 0 Å². The number of unbranched alkanes of at least 4 members (excludes halogenated alkanes) is 1. The van der Waals surface area contributed by atoms with Crippen LogP contribution in [0.5, 0.6) is 0 Å². The zero-order valence-electron chi connectivity index (χ0n) is 9.82. The summed E-state index contributed by atoms with van der Waals surface area (Å²) >= 11 is 0. The zero-order valence-corrected chi connectivity index (χ0v) is 9.82. The van der Waals surface area contributed by atoms with Gasteiger partial charge in [-0.25, -0.2) is 0 Å². The molecule has 1 fully saturated rings. The van der Waals surface area contributed by atoms with Gasteiger partial charge in [-0.2, -0.15) is 0 Å². The molecule has 1 heterocycles. The molecule has 0 aromatic heterocycles. The normalized spacial score (nSPS) is 19.6. The number of hydrogen-bond donors (Lipinski definition) is 1. The van der Waals surface area contributed by atoms with E-state index in [-0.39, 0.29) is 6.61 Å². The number of β-amino-alcohol motifs (C(OH)–C–C–N with tert-alkyl or cyclic N) is 1. The molecule has 0 spiro atoms. The Kier molecular flexibility index (Phi) is 6.92. The molecule has 1 rings (SSSR count). The highest BCUT2D eigenvalue weighted by molar-refractivity contribution is 4.71. The van der Waals surface area contributed by atoms with Crippen LogP contribution >= 0.6 is 0 Å². The van der Waals surface area contributed by atoms with Crippen LogP contribution in [0.15, 0.2) is 0 Å². The van der Waals surface area contributed by atoms with Crippen molar-refractivity contribution in [2.75, 3.05) is 59.6 Å². The first-order chi connectivity index (χ1) is 7.36. The van der Waals surface area contributed by atoms with Gasteiger partial charge in [0.2, 0.25) is 0 Å². The minimum absolute atomic E-state index is 0.286. The van der Waals surface area contributed by atoms with E-state index in [2.05, 4.69) is 9.80 Å². The Bertz CT molecular complexity index is 145. The summed E-state index contributed by atoms with van der Waals surface area (Å²) in [5.41, 5.74) is 0. The van der Waals surface area contributed by atoms with Gasteiger partial charge in [0.15, 0.2) is 0 Å². The van der Waals surface area contributed by atoms with E-state index in [9.17, 15) is 0 Å². The van der Waals surface area contributed by atoms with E-state index in [1.165, 1.54) is 13.0 Å². The number of ether oxygens (including phenoxy) is 1. The lowest BCUT2D eigenvalue weighted by molar-refractivity contribution is 0.108. The maximum absolute atomic E-state index is 8.82. The molecule has 0 bridgehead atoms. The number of piperazine rings is 1.